The minimum Gasteiger partial charge on any atom is -0.378 e. The highest BCUT2D eigenvalue weighted by atomic mass is 35.5. The van der Waals surface area contributed by atoms with Crippen LogP contribution >= 0.6 is 11.6 Å². The van der Waals surface area contributed by atoms with Crippen molar-refractivity contribution in [1.82, 2.24) is 0 Å². The Bertz CT molecular complexity index is 818. The van der Waals surface area contributed by atoms with Gasteiger partial charge in [0.2, 0.25) is 0 Å². The molecule has 0 unspecified atom stereocenters. The average molecular weight is 340 g/mol. The standard InChI is InChI=1S/C14H10ClNO5S/c15-13-10-12(16(17)18)6-7-14(13)21-22(19,20)9-8-11-4-2-1-3-5-11/h1-10H/b9-8+. The molecular formula is C14H10ClNO5S. The van der Waals surface area contributed by atoms with Gasteiger partial charge in [-0.15, -0.1) is 0 Å². The second-order valence-corrected chi connectivity index (χ2v) is 5.99. The van der Waals surface area contributed by atoms with Crippen LogP contribution in [-0.4, -0.2) is 13.3 Å². The molecule has 6 nitrogen and oxygen atoms in total. The Hall–Kier alpha value is -2.38. The van der Waals surface area contributed by atoms with E-state index in [1.165, 1.54) is 6.08 Å². The van der Waals surface area contributed by atoms with E-state index in [4.69, 9.17) is 15.8 Å². The van der Waals surface area contributed by atoms with Crippen molar-refractivity contribution in [3.8, 4) is 5.75 Å². The zero-order valence-electron chi connectivity index (χ0n) is 11.0. The van der Waals surface area contributed by atoms with Crippen LogP contribution in [-0.2, 0) is 10.1 Å². The van der Waals surface area contributed by atoms with Gasteiger partial charge < -0.3 is 4.18 Å². The molecule has 114 valence electrons. The molecule has 0 aliphatic carbocycles. The summed E-state index contributed by atoms with van der Waals surface area (Å²) in [6.45, 7) is 0. The fraction of sp³-hybridized carbons (Fsp3) is 0. The van der Waals surface area contributed by atoms with Crippen molar-refractivity contribution in [2.45, 2.75) is 0 Å². The quantitative estimate of drug-likeness (QED) is 0.471. The van der Waals surface area contributed by atoms with E-state index in [0.717, 1.165) is 23.6 Å². The van der Waals surface area contributed by atoms with Gasteiger partial charge in [-0.25, -0.2) is 0 Å². The molecule has 8 heteroatoms. The molecule has 0 aliphatic heterocycles. The van der Waals surface area contributed by atoms with Crippen molar-refractivity contribution in [2.75, 3.05) is 0 Å². The normalized spacial score (nSPS) is 11.5. The molecule has 0 atom stereocenters. The number of halogens is 1. The van der Waals surface area contributed by atoms with Crippen molar-refractivity contribution in [3.05, 3.63) is 74.6 Å². The zero-order valence-corrected chi connectivity index (χ0v) is 12.6. The minimum atomic E-state index is -4.02. The van der Waals surface area contributed by atoms with Gasteiger partial charge in [0.05, 0.1) is 15.4 Å². The second kappa shape index (κ2) is 6.59. The van der Waals surface area contributed by atoms with Gasteiger partial charge >= 0.3 is 10.1 Å². The molecule has 0 amide bonds. The van der Waals surface area contributed by atoms with E-state index in [9.17, 15) is 18.5 Å². The molecule has 0 saturated heterocycles. The third-order valence-corrected chi connectivity index (χ3v) is 3.74. The fourth-order valence-electron chi connectivity index (χ4n) is 1.55. The Labute approximate surface area is 131 Å². The summed E-state index contributed by atoms with van der Waals surface area (Å²) < 4.78 is 28.5. The molecular weight excluding hydrogens is 330 g/mol. The molecule has 22 heavy (non-hydrogen) atoms. The van der Waals surface area contributed by atoms with Gasteiger partial charge in [0.25, 0.3) is 5.69 Å². The Balaban J connectivity index is 2.19. The molecule has 0 fully saturated rings. The van der Waals surface area contributed by atoms with Gasteiger partial charge in [0, 0.05) is 12.1 Å². The van der Waals surface area contributed by atoms with Gasteiger partial charge in [-0.05, 0) is 17.7 Å². The maximum Gasteiger partial charge on any atom is 0.332 e. The van der Waals surface area contributed by atoms with E-state index < -0.39 is 15.0 Å². The number of nitrogens with zero attached hydrogens (tertiary/aromatic N) is 1. The molecule has 0 bridgehead atoms. The lowest BCUT2D eigenvalue weighted by molar-refractivity contribution is -0.384. The Morgan fingerprint density at radius 1 is 1.14 bits per heavy atom. The van der Waals surface area contributed by atoms with Crippen LogP contribution in [0.5, 0.6) is 5.75 Å². The summed E-state index contributed by atoms with van der Waals surface area (Å²) in [5.74, 6) is -0.176. The number of hydrogen-bond donors (Lipinski definition) is 0. The first-order valence-electron chi connectivity index (χ1n) is 5.99. The molecule has 0 N–H and O–H groups in total. The summed E-state index contributed by atoms with van der Waals surface area (Å²) in [6, 6.07) is 12.1. The largest absolute Gasteiger partial charge is 0.378 e. The molecule has 2 rings (SSSR count). The van der Waals surface area contributed by atoms with Crippen LogP contribution < -0.4 is 4.18 Å². The summed E-state index contributed by atoms with van der Waals surface area (Å²) in [6.07, 6.45) is 1.37. The first-order chi connectivity index (χ1) is 10.4. The Morgan fingerprint density at radius 2 is 1.82 bits per heavy atom. The molecule has 0 spiro atoms. The average Bonchev–Trinajstić information content (AvgIpc) is 2.48. The van der Waals surface area contributed by atoms with Crippen molar-refractivity contribution >= 4 is 33.5 Å². The third kappa shape index (κ3) is 4.31. The van der Waals surface area contributed by atoms with Crippen LogP contribution in [0.25, 0.3) is 6.08 Å². The van der Waals surface area contributed by atoms with E-state index in [0.29, 0.717) is 5.56 Å². The maximum atomic E-state index is 11.8. The van der Waals surface area contributed by atoms with E-state index in [1.807, 2.05) is 0 Å². The molecule has 0 aliphatic rings. The van der Waals surface area contributed by atoms with Gasteiger partial charge in [0.1, 0.15) is 0 Å². The number of non-ortho nitro benzene ring substituents is 1. The molecule has 0 saturated carbocycles. The summed E-state index contributed by atoms with van der Waals surface area (Å²) in [7, 11) is -4.02. The van der Waals surface area contributed by atoms with Crippen LogP contribution in [0.3, 0.4) is 0 Å². The van der Waals surface area contributed by atoms with Crippen molar-refractivity contribution < 1.29 is 17.5 Å². The Morgan fingerprint density at radius 3 is 2.41 bits per heavy atom. The van der Waals surface area contributed by atoms with Crippen molar-refractivity contribution in [3.63, 3.8) is 0 Å². The molecule has 0 aromatic heterocycles. The van der Waals surface area contributed by atoms with Crippen LogP contribution in [0.4, 0.5) is 5.69 Å². The van der Waals surface area contributed by atoms with Crippen LogP contribution in [0, 0.1) is 10.1 Å². The maximum absolute atomic E-state index is 11.8. The summed E-state index contributed by atoms with van der Waals surface area (Å²) >= 11 is 5.78. The minimum absolute atomic E-state index is 0.161. The molecule has 2 aromatic rings. The lowest BCUT2D eigenvalue weighted by Gasteiger charge is -2.05. The van der Waals surface area contributed by atoms with Gasteiger partial charge in [-0.2, -0.15) is 8.42 Å². The van der Waals surface area contributed by atoms with Crippen LogP contribution in [0.2, 0.25) is 5.02 Å². The Kier molecular flexibility index (Phi) is 4.79. The van der Waals surface area contributed by atoms with E-state index in [-0.39, 0.29) is 16.5 Å². The number of benzene rings is 2. The number of rotatable bonds is 5. The highest BCUT2D eigenvalue weighted by molar-refractivity contribution is 7.90. The highest BCUT2D eigenvalue weighted by Gasteiger charge is 2.15. The third-order valence-electron chi connectivity index (χ3n) is 2.56. The predicted molar refractivity (Wildman–Crippen MR) is 83.1 cm³/mol. The lowest BCUT2D eigenvalue weighted by atomic mass is 10.2. The predicted octanol–water partition coefficient (Wildman–Crippen LogP) is 3.63. The fourth-order valence-corrected chi connectivity index (χ4v) is 2.58. The first kappa shape index (κ1) is 16.0. The van der Waals surface area contributed by atoms with Crippen LogP contribution in [0.1, 0.15) is 5.56 Å². The van der Waals surface area contributed by atoms with Gasteiger partial charge in [-0.3, -0.25) is 10.1 Å². The molecule has 0 radical (unpaired) electrons. The second-order valence-electron chi connectivity index (χ2n) is 4.16. The van der Waals surface area contributed by atoms with Gasteiger partial charge in [-0.1, -0.05) is 41.9 Å². The zero-order chi connectivity index (χ0) is 16.2. The monoisotopic (exact) mass is 339 g/mol. The number of nitro benzene ring substituents is 1. The molecule has 2 aromatic carbocycles. The van der Waals surface area contributed by atoms with Crippen molar-refractivity contribution in [1.29, 1.82) is 0 Å². The van der Waals surface area contributed by atoms with E-state index in [1.54, 1.807) is 30.3 Å². The molecule has 0 heterocycles. The van der Waals surface area contributed by atoms with E-state index >= 15 is 0 Å². The van der Waals surface area contributed by atoms with Crippen LogP contribution in [0.15, 0.2) is 53.9 Å². The number of nitro groups is 1. The first-order valence-corrected chi connectivity index (χ1v) is 7.84. The topological polar surface area (TPSA) is 86.5 Å². The van der Waals surface area contributed by atoms with Gasteiger partial charge in [0.15, 0.2) is 5.75 Å². The summed E-state index contributed by atoms with van der Waals surface area (Å²) in [5, 5.41) is 11.3. The highest BCUT2D eigenvalue weighted by Crippen LogP contribution is 2.29. The number of hydrogen-bond acceptors (Lipinski definition) is 5. The SMILES string of the molecule is O=[N+]([O-])c1ccc(OS(=O)(=O)/C=C/c2ccccc2)c(Cl)c1. The smallest absolute Gasteiger partial charge is 0.332 e. The lowest BCUT2D eigenvalue weighted by Crippen LogP contribution is -2.05. The van der Waals surface area contributed by atoms with Crippen molar-refractivity contribution in [2.24, 2.45) is 0 Å². The summed E-state index contributed by atoms with van der Waals surface area (Å²) in [4.78, 5) is 9.95. The van der Waals surface area contributed by atoms with E-state index in [2.05, 4.69) is 0 Å². The summed E-state index contributed by atoms with van der Waals surface area (Å²) in [5.41, 5.74) is 0.430.